The van der Waals surface area contributed by atoms with Gasteiger partial charge in [-0.15, -0.1) is 0 Å². The SMILES string of the molecule is C.OC1CC2c3ccc4ccccc4c3C(O)CC2c2ccc3ccccc3c21.c1ccc2c(c1)ccc1c2ccc2c3ccc4ccccc4c3ccc12. The molecule has 266 valence electrons. The molecule has 2 heteroatoms. The molecule has 0 spiro atoms. The molecule has 0 amide bonds. The van der Waals surface area contributed by atoms with E-state index in [0.29, 0.717) is 12.8 Å². The molecule has 0 bridgehead atoms. The van der Waals surface area contributed by atoms with E-state index in [1.54, 1.807) is 0 Å². The molecule has 0 fully saturated rings. The van der Waals surface area contributed by atoms with Gasteiger partial charge >= 0.3 is 0 Å². The van der Waals surface area contributed by atoms with E-state index in [0.717, 1.165) is 21.9 Å². The minimum Gasteiger partial charge on any atom is -0.388 e. The highest BCUT2D eigenvalue weighted by Crippen LogP contribution is 2.56. The maximum absolute atomic E-state index is 11.1. The summed E-state index contributed by atoms with van der Waals surface area (Å²) in [7, 11) is 0. The summed E-state index contributed by atoms with van der Waals surface area (Å²) in [5.41, 5.74) is 4.55. The van der Waals surface area contributed by atoms with Gasteiger partial charge in [0, 0.05) is 0 Å². The average molecular weight is 711 g/mol. The monoisotopic (exact) mass is 710 g/mol. The molecule has 2 nitrogen and oxygen atoms in total. The number of aliphatic hydroxyl groups excluding tert-OH is 2. The highest BCUT2D eigenvalue weighted by Gasteiger charge is 2.42. The third kappa shape index (κ3) is 5.17. The molecular formula is C53H42O2. The normalized spacial score (nSPS) is 18.8. The summed E-state index contributed by atoms with van der Waals surface area (Å²) in [5.74, 6) is 0.485. The summed E-state index contributed by atoms with van der Waals surface area (Å²) >= 11 is 0. The van der Waals surface area contributed by atoms with Gasteiger partial charge in [-0.25, -0.2) is 0 Å². The number of hydrogen-bond acceptors (Lipinski definition) is 2. The molecule has 0 aliphatic heterocycles. The van der Waals surface area contributed by atoms with Crippen LogP contribution in [0.2, 0.25) is 0 Å². The summed E-state index contributed by atoms with van der Waals surface area (Å²) in [5, 5.41) is 40.1. The molecule has 4 unspecified atom stereocenters. The van der Waals surface area contributed by atoms with E-state index in [4.69, 9.17) is 0 Å². The Morgan fingerprint density at radius 2 is 0.564 bits per heavy atom. The van der Waals surface area contributed by atoms with Crippen LogP contribution in [0.15, 0.2) is 170 Å². The smallest absolute Gasteiger partial charge is 0.0804 e. The van der Waals surface area contributed by atoms with E-state index in [2.05, 4.69) is 146 Å². The van der Waals surface area contributed by atoms with Crippen molar-refractivity contribution in [3.05, 3.63) is 192 Å². The third-order valence-corrected chi connectivity index (χ3v) is 12.6. The molecule has 10 aromatic rings. The van der Waals surface area contributed by atoms with Gasteiger partial charge in [-0.2, -0.15) is 0 Å². The number of aliphatic hydroxyl groups is 2. The number of hydrogen-bond donors (Lipinski definition) is 2. The Kier molecular flexibility index (Phi) is 7.95. The van der Waals surface area contributed by atoms with E-state index < -0.39 is 12.2 Å². The molecule has 10 aromatic carbocycles. The highest BCUT2D eigenvalue weighted by atomic mass is 16.3. The lowest BCUT2D eigenvalue weighted by molar-refractivity contribution is 0.103. The Bertz CT molecular complexity index is 2910. The molecule has 55 heavy (non-hydrogen) atoms. The maximum Gasteiger partial charge on any atom is 0.0804 e. The fourth-order valence-electron chi connectivity index (χ4n) is 10.2. The van der Waals surface area contributed by atoms with E-state index in [9.17, 15) is 10.2 Å². The second-order valence-electron chi connectivity index (χ2n) is 15.3. The van der Waals surface area contributed by atoms with Crippen molar-refractivity contribution in [1.82, 2.24) is 0 Å². The minimum absolute atomic E-state index is 0. The fourth-order valence-corrected chi connectivity index (χ4v) is 10.2. The molecule has 12 rings (SSSR count). The minimum atomic E-state index is -0.475. The second kappa shape index (κ2) is 13.1. The van der Waals surface area contributed by atoms with Crippen molar-refractivity contribution in [3.63, 3.8) is 0 Å². The predicted octanol–water partition coefficient (Wildman–Crippen LogP) is 13.8. The van der Waals surface area contributed by atoms with Crippen LogP contribution < -0.4 is 0 Å². The van der Waals surface area contributed by atoms with Gasteiger partial charge in [0.15, 0.2) is 0 Å². The first-order valence-corrected chi connectivity index (χ1v) is 19.2. The van der Waals surface area contributed by atoms with E-state index >= 15 is 0 Å². The summed E-state index contributed by atoms with van der Waals surface area (Å²) in [6.45, 7) is 0. The lowest BCUT2D eigenvalue weighted by Gasteiger charge is -2.43. The van der Waals surface area contributed by atoms with Crippen molar-refractivity contribution in [2.24, 2.45) is 0 Å². The number of benzene rings is 10. The van der Waals surface area contributed by atoms with Gasteiger partial charge in [-0.1, -0.05) is 177 Å². The largest absolute Gasteiger partial charge is 0.388 e. The lowest BCUT2D eigenvalue weighted by Crippen LogP contribution is -2.29. The van der Waals surface area contributed by atoms with Gasteiger partial charge < -0.3 is 10.2 Å². The topological polar surface area (TPSA) is 40.5 Å². The van der Waals surface area contributed by atoms with Crippen molar-refractivity contribution < 1.29 is 10.2 Å². The zero-order valence-electron chi connectivity index (χ0n) is 29.8. The molecular weight excluding hydrogens is 669 g/mol. The molecule has 0 heterocycles. The first-order chi connectivity index (χ1) is 26.6. The Morgan fingerprint density at radius 3 is 0.945 bits per heavy atom. The molecule has 0 saturated carbocycles. The molecule has 2 N–H and O–H groups in total. The first-order valence-electron chi connectivity index (χ1n) is 19.2. The molecule has 0 saturated heterocycles. The molecule has 2 aliphatic rings. The van der Waals surface area contributed by atoms with Crippen LogP contribution in [0.4, 0.5) is 0 Å². The zero-order chi connectivity index (χ0) is 35.9. The van der Waals surface area contributed by atoms with Crippen molar-refractivity contribution in [3.8, 4) is 0 Å². The predicted molar refractivity (Wildman–Crippen MR) is 233 cm³/mol. The quantitative estimate of drug-likeness (QED) is 0.154. The Labute approximate surface area is 320 Å². The summed E-state index contributed by atoms with van der Waals surface area (Å²) in [6, 6.07) is 60.7. The van der Waals surface area contributed by atoms with E-state index in [-0.39, 0.29) is 19.3 Å². The van der Waals surface area contributed by atoms with Crippen LogP contribution in [-0.2, 0) is 0 Å². The van der Waals surface area contributed by atoms with Crippen molar-refractivity contribution in [2.75, 3.05) is 0 Å². The molecule has 0 radical (unpaired) electrons. The number of rotatable bonds is 0. The Balaban J connectivity index is 0.000000133. The second-order valence-corrected chi connectivity index (χ2v) is 15.3. The van der Waals surface area contributed by atoms with Crippen molar-refractivity contribution in [1.29, 1.82) is 0 Å². The Hall–Kier alpha value is -6.06. The average Bonchev–Trinajstić information content (AvgIpc) is 3.23. The fraction of sp³-hybridized carbons (Fsp3) is 0.132. The van der Waals surface area contributed by atoms with Gasteiger partial charge in [0.1, 0.15) is 0 Å². The van der Waals surface area contributed by atoms with Gasteiger partial charge in [0.05, 0.1) is 12.2 Å². The van der Waals surface area contributed by atoms with Crippen LogP contribution in [0.5, 0.6) is 0 Å². The van der Waals surface area contributed by atoms with Crippen LogP contribution in [0.1, 0.15) is 66.6 Å². The van der Waals surface area contributed by atoms with Crippen LogP contribution in [-0.4, -0.2) is 10.2 Å². The van der Waals surface area contributed by atoms with Crippen molar-refractivity contribution >= 4 is 75.4 Å². The van der Waals surface area contributed by atoms with Crippen LogP contribution in [0, 0.1) is 0 Å². The van der Waals surface area contributed by atoms with E-state index in [1.165, 1.54) is 75.8 Å². The maximum atomic E-state index is 11.1. The van der Waals surface area contributed by atoms with Gasteiger partial charge in [-0.05, 0) is 122 Å². The summed E-state index contributed by atoms with van der Waals surface area (Å²) < 4.78 is 0. The van der Waals surface area contributed by atoms with E-state index in [1.807, 2.05) is 24.3 Å². The highest BCUT2D eigenvalue weighted by molar-refractivity contribution is 6.24. The van der Waals surface area contributed by atoms with Gasteiger partial charge in [0.2, 0.25) is 0 Å². The molecule has 4 atom stereocenters. The zero-order valence-corrected chi connectivity index (χ0v) is 29.8. The number of fused-ring (bicyclic) bond motifs is 18. The Morgan fingerprint density at radius 1 is 0.291 bits per heavy atom. The lowest BCUT2D eigenvalue weighted by atomic mass is 9.63. The third-order valence-electron chi connectivity index (χ3n) is 12.6. The molecule has 0 aromatic heterocycles. The molecule has 2 aliphatic carbocycles. The van der Waals surface area contributed by atoms with Gasteiger partial charge in [0.25, 0.3) is 0 Å². The standard InChI is InChI=1S/C26H22O2.C26H16.CH4/c27-23-13-22-20-12-10-16-6-2-4-8-18(16)26(20)24(28)14-21(22)19-11-9-15-5-1-3-7-17(15)25(19)23;1-3-7-19-17(5-1)9-11-23-21(19)13-15-26-24-12-10-18-6-2-4-8-20(18)22(24)14-16-25(23)26;/h1-12,21-24,27-28H,13-14H2;1-16H;1H4. The van der Waals surface area contributed by atoms with Crippen LogP contribution in [0.25, 0.3) is 75.4 Å². The van der Waals surface area contributed by atoms with Crippen LogP contribution in [0.3, 0.4) is 0 Å². The van der Waals surface area contributed by atoms with Gasteiger partial charge in [-0.3, -0.25) is 0 Å². The first kappa shape index (κ1) is 33.5. The summed E-state index contributed by atoms with van der Waals surface area (Å²) in [6.07, 6.45) is 0.474. The van der Waals surface area contributed by atoms with Crippen LogP contribution >= 0.6 is 0 Å². The van der Waals surface area contributed by atoms with Crippen molar-refractivity contribution in [2.45, 2.75) is 44.3 Å². The summed E-state index contributed by atoms with van der Waals surface area (Å²) in [4.78, 5) is 0.